The van der Waals surface area contributed by atoms with Gasteiger partial charge in [-0.2, -0.15) is 0 Å². The first-order valence-corrected chi connectivity index (χ1v) is 5.26. The molecule has 1 saturated heterocycles. The van der Waals surface area contributed by atoms with Gasteiger partial charge in [0.05, 0.1) is 0 Å². The van der Waals surface area contributed by atoms with E-state index in [1.807, 2.05) is 0 Å². The van der Waals surface area contributed by atoms with Gasteiger partial charge in [-0.1, -0.05) is 19.9 Å². The summed E-state index contributed by atoms with van der Waals surface area (Å²) >= 11 is 0. The van der Waals surface area contributed by atoms with Crippen LogP contribution in [-0.4, -0.2) is 20.3 Å². The van der Waals surface area contributed by atoms with Crippen molar-refractivity contribution in [1.82, 2.24) is 0 Å². The maximum absolute atomic E-state index is 12.9. The van der Waals surface area contributed by atoms with Gasteiger partial charge in [-0.05, 0) is 12.1 Å². The van der Waals surface area contributed by atoms with Gasteiger partial charge in [-0.3, -0.25) is 0 Å². The molecule has 0 spiro atoms. The number of nitrogens with two attached hydrogens (primary N) is 1. The lowest BCUT2D eigenvalue weighted by molar-refractivity contribution is 0.0344. The summed E-state index contributed by atoms with van der Waals surface area (Å²) in [5.74, 6) is -0.350. The summed E-state index contributed by atoms with van der Waals surface area (Å²) in [5.41, 5.74) is 6.80. The van der Waals surface area contributed by atoms with E-state index in [9.17, 15) is 4.39 Å². The average Bonchev–Trinajstić information content (AvgIpc) is 2.19. The van der Waals surface area contributed by atoms with E-state index in [0.717, 1.165) is 0 Å². The fraction of sp³-hybridized carbons (Fsp3) is 0.455. The Bertz CT molecular complexity index is 388. The van der Waals surface area contributed by atoms with Crippen LogP contribution in [0.1, 0.15) is 13.8 Å². The van der Waals surface area contributed by atoms with E-state index < -0.39 is 7.12 Å². The number of halogens is 1. The number of hydrogen-bond acceptors (Lipinski definition) is 3. The van der Waals surface area contributed by atoms with Gasteiger partial charge in [-0.15, -0.1) is 0 Å². The molecule has 0 unspecified atom stereocenters. The van der Waals surface area contributed by atoms with Crippen molar-refractivity contribution in [2.24, 2.45) is 5.41 Å². The molecule has 2 N–H and O–H groups in total. The summed E-state index contributed by atoms with van der Waals surface area (Å²) < 4.78 is 24.0. The van der Waals surface area contributed by atoms with Crippen molar-refractivity contribution < 1.29 is 13.7 Å². The Morgan fingerprint density at radius 3 is 2.50 bits per heavy atom. The zero-order chi connectivity index (χ0) is 11.8. The van der Waals surface area contributed by atoms with Gasteiger partial charge in [0.2, 0.25) is 0 Å². The standard InChI is InChI=1S/C11H15BFNO2/c1-11(2)6-15-12(16-7-11)9-4-3-8(13)5-10(9)14/h3-5H,6-7,14H2,1-2H3. The highest BCUT2D eigenvalue weighted by Gasteiger charge is 2.34. The molecule has 1 heterocycles. The van der Waals surface area contributed by atoms with Crippen LogP contribution in [0, 0.1) is 11.2 Å². The minimum absolute atomic E-state index is 0.0191. The third-order valence-corrected chi connectivity index (χ3v) is 2.55. The summed E-state index contributed by atoms with van der Waals surface area (Å²) in [6.07, 6.45) is 0. The molecule has 0 bridgehead atoms. The molecular formula is C11H15BFNO2. The molecule has 0 atom stereocenters. The van der Waals surface area contributed by atoms with E-state index in [-0.39, 0.29) is 11.2 Å². The van der Waals surface area contributed by atoms with Crippen LogP contribution in [0.3, 0.4) is 0 Å². The second-order valence-corrected chi connectivity index (χ2v) is 4.89. The third kappa shape index (κ3) is 2.36. The molecule has 1 fully saturated rings. The fourth-order valence-corrected chi connectivity index (χ4v) is 1.63. The van der Waals surface area contributed by atoms with Gasteiger partial charge in [0.15, 0.2) is 0 Å². The van der Waals surface area contributed by atoms with E-state index in [1.165, 1.54) is 12.1 Å². The smallest absolute Gasteiger partial charge is 0.407 e. The van der Waals surface area contributed by atoms with Crippen LogP contribution in [-0.2, 0) is 9.31 Å². The summed E-state index contributed by atoms with van der Waals surface area (Å²) in [6.45, 7) is 5.34. The first-order chi connectivity index (χ1) is 7.48. The highest BCUT2D eigenvalue weighted by atomic mass is 19.1. The molecule has 2 rings (SSSR count). The van der Waals surface area contributed by atoms with Crippen LogP contribution in [0.5, 0.6) is 0 Å². The largest absolute Gasteiger partial charge is 0.496 e. The van der Waals surface area contributed by atoms with E-state index in [1.54, 1.807) is 6.07 Å². The van der Waals surface area contributed by atoms with Crippen LogP contribution >= 0.6 is 0 Å². The Labute approximate surface area is 94.9 Å². The molecule has 0 saturated carbocycles. The van der Waals surface area contributed by atoms with E-state index in [2.05, 4.69) is 13.8 Å². The predicted molar refractivity (Wildman–Crippen MR) is 61.9 cm³/mol. The first kappa shape index (κ1) is 11.4. The lowest BCUT2D eigenvalue weighted by atomic mass is 9.75. The van der Waals surface area contributed by atoms with Gasteiger partial charge < -0.3 is 15.0 Å². The molecule has 5 heteroatoms. The fourth-order valence-electron chi connectivity index (χ4n) is 1.63. The van der Waals surface area contributed by atoms with Gasteiger partial charge in [0.1, 0.15) is 5.82 Å². The Kier molecular flexibility index (Phi) is 2.91. The summed E-state index contributed by atoms with van der Waals surface area (Å²) in [6, 6.07) is 4.24. The Hall–Kier alpha value is -1.07. The Balaban J connectivity index is 2.14. The minimum atomic E-state index is -0.478. The first-order valence-electron chi connectivity index (χ1n) is 5.26. The molecule has 1 aliphatic heterocycles. The molecule has 1 aromatic rings. The zero-order valence-corrected chi connectivity index (χ0v) is 9.50. The number of hydrogen-bond donors (Lipinski definition) is 1. The Morgan fingerprint density at radius 1 is 1.31 bits per heavy atom. The maximum Gasteiger partial charge on any atom is 0.496 e. The molecular weight excluding hydrogens is 208 g/mol. The molecule has 3 nitrogen and oxygen atoms in total. The van der Waals surface area contributed by atoms with Crippen LogP contribution in [0.15, 0.2) is 18.2 Å². The number of nitrogen functional groups attached to an aromatic ring is 1. The lowest BCUT2D eigenvalue weighted by Gasteiger charge is -2.33. The van der Waals surface area contributed by atoms with E-state index in [0.29, 0.717) is 24.4 Å². The minimum Gasteiger partial charge on any atom is -0.407 e. The third-order valence-electron chi connectivity index (χ3n) is 2.55. The summed E-state index contributed by atoms with van der Waals surface area (Å²) in [7, 11) is -0.478. The average molecular weight is 223 g/mol. The monoisotopic (exact) mass is 223 g/mol. The zero-order valence-electron chi connectivity index (χ0n) is 9.50. The van der Waals surface area contributed by atoms with Crippen LogP contribution in [0.4, 0.5) is 10.1 Å². The van der Waals surface area contributed by atoms with Crippen LogP contribution in [0.25, 0.3) is 0 Å². The van der Waals surface area contributed by atoms with Crippen LogP contribution in [0.2, 0.25) is 0 Å². The second kappa shape index (κ2) is 4.07. The Morgan fingerprint density at radius 2 is 1.94 bits per heavy atom. The molecule has 86 valence electrons. The normalized spacial score (nSPS) is 19.8. The van der Waals surface area contributed by atoms with Gasteiger partial charge in [0, 0.05) is 29.8 Å². The van der Waals surface area contributed by atoms with Gasteiger partial charge in [-0.25, -0.2) is 4.39 Å². The van der Waals surface area contributed by atoms with E-state index in [4.69, 9.17) is 15.0 Å². The number of rotatable bonds is 1. The van der Waals surface area contributed by atoms with Gasteiger partial charge in [0.25, 0.3) is 0 Å². The quantitative estimate of drug-likeness (QED) is 0.574. The van der Waals surface area contributed by atoms with Crippen molar-refractivity contribution in [3.8, 4) is 0 Å². The lowest BCUT2D eigenvalue weighted by Crippen LogP contribution is -2.48. The van der Waals surface area contributed by atoms with Crippen molar-refractivity contribution in [1.29, 1.82) is 0 Å². The SMILES string of the molecule is CC1(C)COB(c2ccc(F)cc2N)OC1. The van der Waals surface area contributed by atoms with Crippen molar-refractivity contribution in [3.05, 3.63) is 24.0 Å². The molecule has 0 aromatic heterocycles. The molecule has 0 aliphatic carbocycles. The van der Waals surface area contributed by atoms with Crippen molar-refractivity contribution in [3.63, 3.8) is 0 Å². The molecule has 1 aromatic carbocycles. The highest BCUT2D eigenvalue weighted by Crippen LogP contribution is 2.22. The second-order valence-electron chi connectivity index (χ2n) is 4.89. The molecule has 0 radical (unpaired) electrons. The summed E-state index contributed by atoms with van der Waals surface area (Å²) in [4.78, 5) is 0. The topological polar surface area (TPSA) is 44.5 Å². The predicted octanol–water partition coefficient (Wildman–Crippen LogP) is 1.18. The van der Waals surface area contributed by atoms with Crippen molar-refractivity contribution >= 4 is 18.3 Å². The molecule has 1 aliphatic rings. The van der Waals surface area contributed by atoms with Crippen LogP contribution < -0.4 is 11.2 Å². The van der Waals surface area contributed by atoms with Gasteiger partial charge >= 0.3 is 7.12 Å². The number of benzene rings is 1. The van der Waals surface area contributed by atoms with Crippen molar-refractivity contribution in [2.75, 3.05) is 18.9 Å². The van der Waals surface area contributed by atoms with Crippen molar-refractivity contribution in [2.45, 2.75) is 13.8 Å². The molecule has 0 amide bonds. The maximum atomic E-state index is 12.9. The van der Waals surface area contributed by atoms with E-state index >= 15 is 0 Å². The summed E-state index contributed by atoms with van der Waals surface area (Å²) in [5, 5.41) is 0. The highest BCUT2D eigenvalue weighted by molar-refractivity contribution is 6.63. The number of anilines is 1. The molecule has 16 heavy (non-hydrogen) atoms.